The Balaban J connectivity index is 1.71. The van der Waals surface area contributed by atoms with Crippen molar-refractivity contribution in [2.45, 2.75) is 51.0 Å². The van der Waals surface area contributed by atoms with Crippen molar-refractivity contribution >= 4 is 39.2 Å². The number of halogens is 1. The van der Waals surface area contributed by atoms with Gasteiger partial charge in [-0.05, 0) is 69.0 Å². The number of benzene rings is 2. The summed E-state index contributed by atoms with van der Waals surface area (Å²) in [5, 5.41) is 3.16. The van der Waals surface area contributed by atoms with Crippen molar-refractivity contribution in [1.29, 1.82) is 0 Å². The molecule has 0 bridgehead atoms. The molecule has 1 N–H and O–H groups in total. The molecule has 1 amide bonds. The van der Waals surface area contributed by atoms with Crippen LogP contribution in [0.25, 0.3) is 0 Å². The molecule has 2 aromatic rings. The van der Waals surface area contributed by atoms with E-state index in [9.17, 15) is 18.0 Å². The van der Waals surface area contributed by atoms with Gasteiger partial charge in [0.15, 0.2) is 6.61 Å². The van der Waals surface area contributed by atoms with Crippen LogP contribution >= 0.6 is 11.6 Å². The van der Waals surface area contributed by atoms with E-state index in [1.807, 2.05) is 6.92 Å². The molecule has 0 spiro atoms. The smallest absolute Gasteiger partial charge is 0.338 e. The molecule has 1 heterocycles. The first-order chi connectivity index (χ1) is 15.1. The molecule has 0 saturated carbocycles. The van der Waals surface area contributed by atoms with E-state index in [0.717, 1.165) is 19.3 Å². The molecule has 1 aliphatic rings. The number of nitrogens with one attached hydrogen (secondary N) is 1. The van der Waals surface area contributed by atoms with Gasteiger partial charge in [-0.1, -0.05) is 30.2 Å². The first-order valence-electron chi connectivity index (χ1n) is 10.5. The lowest BCUT2D eigenvalue weighted by atomic mass is 10.1. The van der Waals surface area contributed by atoms with Gasteiger partial charge < -0.3 is 10.1 Å². The Kier molecular flexibility index (Phi) is 7.59. The van der Waals surface area contributed by atoms with Gasteiger partial charge in [0.2, 0.25) is 10.0 Å². The lowest BCUT2D eigenvalue weighted by Gasteiger charge is -2.32. The number of ether oxygens (including phenoxy) is 1. The number of carbonyl (C=O) groups excluding carboxylic acids is 2. The topological polar surface area (TPSA) is 92.8 Å². The summed E-state index contributed by atoms with van der Waals surface area (Å²) in [7, 11) is -3.73. The average Bonchev–Trinajstić information content (AvgIpc) is 2.75. The second-order valence-electron chi connectivity index (χ2n) is 7.97. The SMILES string of the molecule is Cc1ccc(S(=O)(=O)N2CCCCC2C)cc1C(=O)OCC(=O)Nc1cccc(Cl)c1C. The van der Waals surface area contributed by atoms with Gasteiger partial charge in [-0.3, -0.25) is 4.79 Å². The maximum atomic E-state index is 13.1. The number of rotatable bonds is 6. The molecule has 2 aromatic carbocycles. The quantitative estimate of drug-likeness (QED) is 0.624. The molecular weight excluding hydrogens is 452 g/mol. The molecule has 32 heavy (non-hydrogen) atoms. The summed E-state index contributed by atoms with van der Waals surface area (Å²) in [6.45, 7) is 5.29. The number of piperidine rings is 1. The van der Waals surface area contributed by atoms with Gasteiger partial charge in [0.05, 0.1) is 10.5 Å². The minimum Gasteiger partial charge on any atom is -0.452 e. The summed E-state index contributed by atoms with van der Waals surface area (Å²) >= 11 is 6.05. The molecule has 7 nitrogen and oxygen atoms in total. The molecule has 1 atom stereocenters. The van der Waals surface area contributed by atoms with Crippen LogP contribution in [0.15, 0.2) is 41.3 Å². The van der Waals surface area contributed by atoms with Crippen LogP contribution in [0, 0.1) is 13.8 Å². The van der Waals surface area contributed by atoms with Crippen molar-refractivity contribution in [3.05, 3.63) is 58.1 Å². The Morgan fingerprint density at radius 2 is 1.94 bits per heavy atom. The number of hydrogen-bond acceptors (Lipinski definition) is 5. The Bertz CT molecular complexity index is 1130. The third-order valence-corrected chi connectivity index (χ3v) is 8.07. The maximum Gasteiger partial charge on any atom is 0.338 e. The van der Waals surface area contributed by atoms with Crippen molar-refractivity contribution in [2.24, 2.45) is 0 Å². The van der Waals surface area contributed by atoms with E-state index in [0.29, 0.717) is 28.4 Å². The summed E-state index contributed by atoms with van der Waals surface area (Å²) in [5.41, 5.74) is 1.90. The van der Waals surface area contributed by atoms with Crippen LogP contribution < -0.4 is 5.32 Å². The first-order valence-corrected chi connectivity index (χ1v) is 12.3. The Morgan fingerprint density at radius 3 is 2.66 bits per heavy atom. The van der Waals surface area contributed by atoms with Crippen LogP contribution in [-0.4, -0.2) is 43.8 Å². The number of hydrogen-bond donors (Lipinski definition) is 1. The predicted octanol–water partition coefficient (Wildman–Crippen LogP) is 4.32. The molecule has 0 aliphatic carbocycles. The Morgan fingerprint density at radius 1 is 1.19 bits per heavy atom. The van der Waals surface area contributed by atoms with E-state index < -0.39 is 28.5 Å². The first kappa shape index (κ1) is 24.2. The zero-order chi connectivity index (χ0) is 23.5. The van der Waals surface area contributed by atoms with Gasteiger partial charge in [-0.2, -0.15) is 4.31 Å². The van der Waals surface area contributed by atoms with Crippen molar-refractivity contribution in [3.63, 3.8) is 0 Å². The Hall–Kier alpha value is -2.42. The molecule has 1 aliphatic heterocycles. The molecule has 1 saturated heterocycles. The maximum absolute atomic E-state index is 13.1. The van der Waals surface area contributed by atoms with Gasteiger partial charge >= 0.3 is 5.97 Å². The highest BCUT2D eigenvalue weighted by molar-refractivity contribution is 7.89. The van der Waals surface area contributed by atoms with Gasteiger partial charge in [-0.15, -0.1) is 0 Å². The fourth-order valence-electron chi connectivity index (χ4n) is 3.68. The second kappa shape index (κ2) is 10.0. The van der Waals surface area contributed by atoms with Crippen LogP contribution in [0.4, 0.5) is 5.69 Å². The zero-order valence-electron chi connectivity index (χ0n) is 18.4. The van der Waals surface area contributed by atoms with Crippen LogP contribution in [0.2, 0.25) is 5.02 Å². The highest BCUT2D eigenvalue weighted by Crippen LogP contribution is 2.27. The van der Waals surface area contributed by atoms with Gasteiger partial charge in [0, 0.05) is 23.3 Å². The molecule has 1 unspecified atom stereocenters. The van der Waals surface area contributed by atoms with Gasteiger partial charge in [0.1, 0.15) is 0 Å². The molecule has 9 heteroatoms. The van der Waals surface area contributed by atoms with Gasteiger partial charge in [-0.25, -0.2) is 13.2 Å². The largest absolute Gasteiger partial charge is 0.452 e. The lowest BCUT2D eigenvalue weighted by molar-refractivity contribution is -0.119. The molecule has 1 fully saturated rings. The van der Waals surface area contributed by atoms with E-state index in [-0.39, 0.29) is 16.5 Å². The van der Waals surface area contributed by atoms with Crippen LogP contribution in [-0.2, 0) is 19.6 Å². The highest BCUT2D eigenvalue weighted by atomic mass is 35.5. The average molecular weight is 479 g/mol. The standard InChI is InChI=1S/C23H27ClN2O5S/c1-15-10-11-18(32(29,30)26-12-5-4-7-16(26)2)13-19(15)23(28)31-14-22(27)25-21-9-6-8-20(24)17(21)3/h6,8-11,13,16H,4-5,7,12,14H2,1-3H3,(H,25,27). The van der Waals surface area contributed by atoms with Crippen molar-refractivity contribution in [1.82, 2.24) is 4.31 Å². The molecule has 0 aromatic heterocycles. The second-order valence-corrected chi connectivity index (χ2v) is 10.3. The Labute approximate surface area is 193 Å². The highest BCUT2D eigenvalue weighted by Gasteiger charge is 2.31. The van der Waals surface area contributed by atoms with E-state index in [2.05, 4.69) is 5.32 Å². The monoisotopic (exact) mass is 478 g/mol. The van der Waals surface area contributed by atoms with Crippen LogP contribution in [0.3, 0.4) is 0 Å². The number of anilines is 1. The number of nitrogens with zero attached hydrogens (tertiary/aromatic N) is 1. The van der Waals surface area contributed by atoms with Crippen LogP contribution in [0.1, 0.15) is 47.7 Å². The van der Waals surface area contributed by atoms with Gasteiger partial charge in [0.25, 0.3) is 5.91 Å². The van der Waals surface area contributed by atoms with Crippen molar-refractivity contribution in [3.8, 4) is 0 Å². The summed E-state index contributed by atoms with van der Waals surface area (Å²) in [5.74, 6) is -1.28. The molecule has 3 rings (SSSR count). The van der Waals surface area contributed by atoms with E-state index in [1.165, 1.54) is 16.4 Å². The fourth-order valence-corrected chi connectivity index (χ4v) is 5.58. The van der Waals surface area contributed by atoms with Crippen molar-refractivity contribution in [2.75, 3.05) is 18.5 Å². The minimum atomic E-state index is -3.73. The fraction of sp³-hybridized carbons (Fsp3) is 0.391. The number of aryl methyl sites for hydroxylation is 1. The summed E-state index contributed by atoms with van der Waals surface area (Å²) in [4.78, 5) is 24.9. The minimum absolute atomic E-state index is 0.0443. The number of sulfonamides is 1. The zero-order valence-corrected chi connectivity index (χ0v) is 19.9. The predicted molar refractivity (Wildman–Crippen MR) is 123 cm³/mol. The third kappa shape index (κ3) is 5.31. The molecule has 0 radical (unpaired) electrons. The number of carbonyl (C=O) groups is 2. The summed E-state index contributed by atoms with van der Waals surface area (Å²) < 4.78 is 32.9. The summed E-state index contributed by atoms with van der Waals surface area (Å²) in [6, 6.07) is 9.42. The molecular formula is C23H27ClN2O5S. The number of amides is 1. The third-order valence-electron chi connectivity index (χ3n) is 5.65. The normalized spacial score (nSPS) is 17.1. The number of esters is 1. The van der Waals surface area contributed by atoms with Crippen LogP contribution in [0.5, 0.6) is 0 Å². The lowest BCUT2D eigenvalue weighted by Crippen LogP contribution is -2.41. The summed E-state index contributed by atoms with van der Waals surface area (Å²) in [6.07, 6.45) is 2.61. The van der Waals surface area contributed by atoms with E-state index in [1.54, 1.807) is 38.1 Å². The van der Waals surface area contributed by atoms with E-state index in [4.69, 9.17) is 16.3 Å². The molecule has 172 valence electrons. The van der Waals surface area contributed by atoms with Crippen molar-refractivity contribution < 1.29 is 22.7 Å². The van der Waals surface area contributed by atoms with E-state index >= 15 is 0 Å².